The number of furan rings is 1. The number of sulfone groups is 1. The van der Waals surface area contributed by atoms with Crippen molar-refractivity contribution in [1.82, 2.24) is 14.9 Å². The predicted octanol–water partition coefficient (Wildman–Crippen LogP) is 3.20. The third-order valence-electron chi connectivity index (χ3n) is 4.68. The Hall–Kier alpha value is -3.13. The maximum atomic E-state index is 12.7. The van der Waals surface area contributed by atoms with Gasteiger partial charge in [0.2, 0.25) is 5.91 Å². The Balaban J connectivity index is 1.57. The molecule has 4 aromatic rings. The minimum Gasteiger partial charge on any atom is -0.459 e. The third kappa shape index (κ3) is 4.17. The van der Waals surface area contributed by atoms with E-state index in [1.54, 1.807) is 10.6 Å². The molecule has 0 bridgehead atoms. The van der Waals surface area contributed by atoms with E-state index >= 15 is 0 Å². The Morgan fingerprint density at radius 1 is 1.17 bits per heavy atom. The lowest BCUT2D eigenvalue weighted by atomic mass is 10.2. The van der Waals surface area contributed by atoms with E-state index in [0.717, 1.165) is 22.7 Å². The van der Waals surface area contributed by atoms with Crippen LogP contribution in [0.4, 0.5) is 0 Å². The summed E-state index contributed by atoms with van der Waals surface area (Å²) in [6.45, 7) is 1.81. The molecule has 0 aliphatic carbocycles. The van der Waals surface area contributed by atoms with Crippen LogP contribution in [-0.2, 0) is 26.9 Å². The number of nitrogens with one attached hydrogen (secondary N) is 1. The van der Waals surface area contributed by atoms with Gasteiger partial charge in [-0.15, -0.1) is 0 Å². The molecule has 2 aromatic carbocycles. The summed E-state index contributed by atoms with van der Waals surface area (Å²) in [7, 11) is -3.29. The van der Waals surface area contributed by atoms with E-state index in [1.807, 2.05) is 55.5 Å². The van der Waals surface area contributed by atoms with Gasteiger partial charge in [0.1, 0.15) is 29.5 Å². The van der Waals surface area contributed by atoms with Gasteiger partial charge in [-0.25, -0.2) is 13.4 Å². The van der Waals surface area contributed by atoms with E-state index < -0.39 is 9.84 Å². The summed E-state index contributed by atoms with van der Waals surface area (Å²) in [4.78, 5) is 17.1. The Kier molecular flexibility index (Phi) is 4.87. The number of para-hydroxylation sites is 3. The van der Waals surface area contributed by atoms with Crippen LogP contribution in [0.3, 0.4) is 0 Å². The summed E-state index contributed by atoms with van der Waals surface area (Å²) in [6.07, 6.45) is 1.15. The number of carbonyl (C=O) groups is 1. The molecule has 4 rings (SSSR count). The molecule has 0 aliphatic rings. The van der Waals surface area contributed by atoms with E-state index in [2.05, 4.69) is 10.3 Å². The zero-order valence-electron chi connectivity index (χ0n) is 16.1. The van der Waals surface area contributed by atoms with E-state index in [4.69, 9.17) is 4.42 Å². The van der Waals surface area contributed by atoms with Crippen LogP contribution in [0.25, 0.3) is 22.0 Å². The van der Waals surface area contributed by atoms with Gasteiger partial charge in [0.05, 0.1) is 17.1 Å². The molecule has 29 heavy (non-hydrogen) atoms. The summed E-state index contributed by atoms with van der Waals surface area (Å²) in [5.74, 6) is 0.524. The first-order chi connectivity index (χ1) is 13.8. The summed E-state index contributed by atoms with van der Waals surface area (Å²) in [5.41, 5.74) is 2.14. The van der Waals surface area contributed by atoms with Gasteiger partial charge in [-0.05, 0) is 31.2 Å². The van der Waals surface area contributed by atoms with Crippen molar-refractivity contribution in [2.75, 3.05) is 6.26 Å². The van der Waals surface area contributed by atoms with E-state index in [9.17, 15) is 13.2 Å². The zero-order chi connectivity index (χ0) is 20.6. The maximum absolute atomic E-state index is 12.7. The van der Waals surface area contributed by atoms with Gasteiger partial charge in [0, 0.05) is 11.6 Å². The number of amides is 1. The van der Waals surface area contributed by atoms with Gasteiger partial charge in [-0.2, -0.15) is 0 Å². The smallest absolute Gasteiger partial charge is 0.240 e. The van der Waals surface area contributed by atoms with Crippen molar-refractivity contribution in [1.29, 1.82) is 0 Å². The average molecular weight is 411 g/mol. The highest BCUT2D eigenvalue weighted by Gasteiger charge is 2.19. The highest BCUT2D eigenvalue weighted by Crippen LogP contribution is 2.24. The van der Waals surface area contributed by atoms with Gasteiger partial charge in [-0.3, -0.25) is 4.79 Å². The first-order valence-corrected chi connectivity index (χ1v) is 11.3. The van der Waals surface area contributed by atoms with E-state index in [1.165, 1.54) is 0 Å². The van der Waals surface area contributed by atoms with Crippen molar-refractivity contribution < 1.29 is 17.6 Å². The third-order valence-corrected chi connectivity index (χ3v) is 5.46. The van der Waals surface area contributed by atoms with Crippen molar-refractivity contribution in [3.8, 4) is 0 Å². The van der Waals surface area contributed by atoms with Crippen LogP contribution >= 0.6 is 0 Å². The van der Waals surface area contributed by atoms with Crippen molar-refractivity contribution in [2.24, 2.45) is 0 Å². The number of nitrogens with zero attached hydrogens (tertiary/aromatic N) is 2. The standard InChI is InChI=1S/C21H21N3O4S/c1-14(19-11-15-7-3-6-10-18(15)28-19)22-21(25)12-24-17-9-5-4-8-16(17)23-20(24)13-29(2,26)27/h3-11,14H,12-13H2,1-2H3,(H,22,25)/t14-/m0/s1. The summed E-state index contributed by atoms with van der Waals surface area (Å²) in [5, 5.41) is 3.89. The number of hydrogen-bond donors (Lipinski definition) is 1. The number of fused-ring (bicyclic) bond motifs is 2. The average Bonchev–Trinajstić information content (AvgIpc) is 3.22. The Morgan fingerprint density at radius 3 is 2.66 bits per heavy atom. The number of rotatable bonds is 6. The van der Waals surface area contributed by atoms with E-state index in [-0.39, 0.29) is 24.2 Å². The molecule has 7 nitrogen and oxygen atoms in total. The molecule has 2 heterocycles. The second-order valence-electron chi connectivity index (χ2n) is 7.15. The molecule has 8 heteroatoms. The van der Waals surface area contributed by atoms with E-state index in [0.29, 0.717) is 17.1 Å². The molecule has 0 radical (unpaired) electrons. The summed E-state index contributed by atoms with van der Waals surface area (Å²) < 4.78 is 31.1. The first-order valence-electron chi connectivity index (χ1n) is 9.20. The monoisotopic (exact) mass is 411 g/mol. The second-order valence-corrected chi connectivity index (χ2v) is 9.29. The van der Waals surface area contributed by atoms with Crippen LogP contribution in [0, 0.1) is 0 Å². The number of benzene rings is 2. The van der Waals surface area contributed by atoms with Crippen LogP contribution in [-0.4, -0.2) is 30.1 Å². The molecule has 0 saturated heterocycles. The van der Waals surface area contributed by atoms with Crippen LogP contribution in [0.5, 0.6) is 0 Å². The summed E-state index contributed by atoms with van der Waals surface area (Å²) in [6, 6.07) is 16.5. The van der Waals surface area contributed by atoms with Crippen LogP contribution in [0.2, 0.25) is 0 Å². The fraction of sp³-hybridized carbons (Fsp3) is 0.238. The van der Waals surface area contributed by atoms with Gasteiger partial charge in [0.25, 0.3) is 0 Å². The van der Waals surface area contributed by atoms with Crippen LogP contribution < -0.4 is 5.32 Å². The van der Waals surface area contributed by atoms with Crippen molar-refractivity contribution in [2.45, 2.75) is 25.3 Å². The van der Waals surface area contributed by atoms with Gasteiger partial charge >= 0.3 is 0 Å². The zero-order valence-corrected chi connectivity index (χ0v) is 16.9. The molecule has 1 amide bonds. The topological polar surface area (TPSA) is 94.2 Å². The van der Waals surface area contributed by atoms with Gasteiger partial charge < -0.3 is 14.3 Å². The Bertz CT molecular complexity index is 1270. The molecule has 150 valence electrons. The van der Waals surface area contributed by atoms with Crippen molar-refractivity contribution in [3.63, 3.8) is 0 Å². The highest BCUT2D eigenvalue weighted by atomic mass is 32.2. The quantitative estimate of drug-likeness (QED) is 0.526. The number of hydrogen-bond acceptors (Lipinski definition) is 5. The molecule has 0 unspecified atom stereocenters. The number of imidazole rings is 1. The molecule has 2 aromatic heterocycles. The highest BCUT2D eigenvalue weighted by molar-refractivity contribution is 7.89. The lowest BCUT2D eigenvalue weighted by Crippen LogP contribution is -2.30. The maximum Gasteiger partial charge on any atom is 0.240 e. The SMILES string of the molecule is C[C@H](NC(=O)Cn1c(CS(C)(=O)=O)nc2ccccc21)c1cc2ccccc2o1. The first kappa shape index (κ1) is 19.2. The number of carbonyl (C=O) groups excluding carboxylic acids is 1. The fourth-order valence-electron chi connectivity index (χ4n) is 3.36. The molecule has 1 N–H and O–H groups in total. The number of aromatic nitrogens is 2. The Labute approximate surface area is 168 Å². The minimum atomic E-state index is -3.29. The van der Waals surface area contributed by atoms with Gasteiger partial charge in [-0.1, -0.05) is 30.3 Å². The van der Waals surface area contributed by atoms with Crippen molar-refractivity contribution >= 4 is 37.7 Å². The molecule has 0 aliphatic heterocycles. The Morgan fingerprint density at radius 2 is 1.90 bits per heavy atom. The molecule has 0 saturated carbocycles. The molecular weight excluding hydrogens is 390 g/mol. The van der Waals surface area contributed by atoms with Crippen LogP contribution in [0.15, 0.2) is 59.0 Å². The molecular formula is C21H21N3O4S. The molecule has 0 spiro atoms. The predicted molar refractivity (Wildman–Crippen MR) is 111 cm³/mol. The van der Waals surface area contributed by atoms with Crippen molar-refractivity contribution in [3.05, 3.63) is 66.2 Å². The normalized spacial score (nSPS) is 13.0. The largest absolute Gasteiger partial charge is 0.459 e. The molecule has 1 atom stereocenters. The fourth-order valence-corrected chi connectivity index (χ4v) is 4.05. The summed E-state index contributed by atoms with van der Waals surface area (Å²) >= 11 is 0. The minimum absolute atomic E-state index is 0.0318. The van der Waals surface area contributed by atoms with Crippen LogP contribution in [0.1, 0.15) is 24.6 Å². The lowest BCUT2D eigenvalue weighted by molar-refractivity contribution is -0.122. The lowest BCUT2D eigenvalue weighted by Gasteiger charge is -2.13. The second kappa shape index (κ2) is 7.36. The molecule has 0 fully saturated rings. The van der Waals surface area contributed by atoms with Gasteiger partial charge in [0.15, 0.2) is 9.84 Å².